The summed E-state index contributed by atoms with van der Waals surface area (Å²) in [5.41, 5.74) is 5.90. The lowest BCUT2D eigenvalue weighted by Gasteiger charge is -2.07. The number of fused-ring (bicyclic) bond motifs is 1. The summed E-state index contributed by atoms with van der Waals surface area (Å²) in [5, 5.41) is 0. The summed E-state index contributed by atoms with van der Waals surface area (Å²) in [6.07, 6.45) is 0. The zero-order valence-electron chi connectivity index (χ0n) is 10.1. The van der Waals surface area contributed by atoms with Crippen LogP contribution in [-0.4, -0.2) is 28.7 Å². The molecule has 1 aromatic carbocycles. The lowest BCUT2D eigenvalue weighted by molar-refractivity contribution is -0.122. The third kappa shape index (κ3) is 3.02. The second kappa shape index (κ2) is 5.99. The number of carbonyl (C=O) groups is 1. The molecular weight excluding hydrogens is 273 g/mol. The van der Waals surface area contributed by atoms with E-state index in [1.165, 1.54) is 6.07 Å². The Hall–Kier alpha value is -1.66. The third-order valence-electron chi connectivity index (χ3n) is 2.63. The van der Waals surface area contributed by atoms with E-state index in [9.17, 15) is 9.18 Å². The molecule has 1 heterocycles. The molecule has 0 spiro atoms. The molecule has 0 aliphatic carbocycles. The number of carbonyl (C=O) groups excluding carboxylic acids is 1. The molecule has 0 saturated carbocycles. The molecule has 0 aliphatic rings. The Balaban J connectivity index is 2.21. The number of nitrogens with zero attached hydrogens (tertiary/aromatic N) is 2. The van der Waals surface area contributed by atoms with E-state index in [1.54, 1.807) is 16.7 Å². The molecule has 1 aromatic heterocycles. The third-order valence-corrected chi connectivity index (χ3v) is 2.87. The second-order valence-electron chi connectivity index (χ2n) is 3.94. The molecule has 0 atom stereocenters. The minimum absolute atomic E-state index is 0.142. The molecule has 102 valence electrons. The van der Waals surface area contributed by atoms with Crippen LogP contribution in [0.2, 0.25) is 0 Å². The number of nitrogens with two attached hydrogens (primary N) is 1. The Morgan fingerprint density at radius 2 is 2.32 bits per heavy atom. The van der Waals surface area contributed by atoms with Gasteiger partial charge in [-0.2, -0.15) is 0 Å². The lowest BCUT2D eigenvalue weighted by Crippen LogP contribution is -2.20. The van der Waals surface area contributed by atoms with Crippen molar-refractivity contribution in [1.29, 1.82) is 0 Å². The first-order valence-electron chi connectivity index (χ1n) is 5.69. The van der Waals surface area contributed by atoms with Crippen molar-refractivity contribution < 1.29 is 13.9 Å². The van der Waals surface area contributed by atoms with Crippen LogP contribution in [-0.2, 0) is 22.0 Å². The molecule has 0 bridgehead atoms. The van der Waals surface area contributed by atoms with Gasteiger partial charge in [-0.3, -0.25) is 4.79 Å². The number of alkyl halides is 1. The fraction of sp³-hybridized carbons (Fsp3) is 0.333. The van der Waals surface area contributed by atoms with Crippen molar-refractivity contribution in [2.45, 2.75) is 12.4 Å². The van der Waals surface area contributed by atoms with Gasteiger partial charge in [-0.15, -0.1) is 11.6 Å². The monoisotopic (exact) mass is 285 g/mol. The molecular formula is C12H13ClFN3O2. The molecule has 0 aliphatic heterocycles. The van der Waals surface area contributed by atoms with E-state index in [0.717, 1.165) is 0 Å². The SMILES string of the molecule is NC(=O)COCCn1c(CCl)nc2c(F)cccc21. The van der Waals surface area contributed by atoms with E-state index >= 15 is 0 Å². The number of benzene rings is 1. The van der Waals surface area contributed by atoms with Crippen LogP contribution in [0.25, 0.3) is 11.0 Å². The molecule has 0 saturated heterocycles. The largest absolute Gasteiger partial charge is 0.370 e. The van der Waals surface area contributed by atoms with Gasteiger partial charge in [-0.05, 0) is 12.1 Å². The van der Waals surface area contributed by atoms with E-state index < -0.39 is 5.91 Å². The quantitative estimate of drug-likeness (QED) is 0.644. The molecule has 2 N–H and O–H groups in total. The number of amides is 1. The van der Waals surface area contributed by atoms with Gasteiger partial charge in [0.2, 0.25) is 5.91 Å². The number of hydrogen-bond acceptors (Lipinski definition) is 3. The molecule has 19 heavy (non-hydrogen) atoms. The van der Waals surface area contributed by atoms with Gasteiger partial charge >= 0.3 is 0 Å². The number of halogens is 2. The molecule has 5 nitrogen and oxygen atoms in total. The molecule has 2 rings (SSSR count). The van der Waals surface area contributed by atoms with Gasteiger partial charge in [0.1, 0.15) is 17.9 Å². The predicted molar refractivity (Wildman–Crippen MR) is 69.3 cm³/mol. The van der Waals surface area contributed by atoms with Crippen LogP contribution >= 0.6 is 11.6 Å². The maximum absolute atomic E-state index is 13.6. The van der Waals surface area contributed by atoms with E-state index in [4.69, 9.17) is 22.1 Å². The number of aromatic nitrogens is 2. The van der Waals surface area contributed by atoms with Crippen LogP contribution in [0.3, 0.4) is 0 Å². The maximum Gasteiger partial charge on any atom is 0.243 e. The highest BCUT2D eigenvalue weighted by Crippen LogP contribution is 2.20. The number of ether oxygens (including phenoxy) is 1. The fourth-order valence-electron chi connectivity index (χ4n) is 1.84. The number of rotatable bonds is 6. The minimum atomic E-state index is -0.529. The standard InChI is InChI=1S/C12H13ClFN3O2/c13-6-11-16-12-8(14)2-1-3-9(12)17(11)4-5-19-7-10(15)18/h1-3H,4-7H2,(H2,15,18). The van der Waals surface area contributed by atoms with Gasteiger partial charge in [-0.1, -0.05) is 6.07 Å². The van der Waals surface area contributed by atoms with Gasteiger partial charge < -0.3 is 15.0 Å². The Morgan fingerprint density at radius 3 is 3.00 bits per heavy atom. The molecule has 0 unspecified atom stereocenters. The Labute approximate surface area is 114 Å². The zero-order chi connectivity index (χ0) is 13.8. The lowest BCUT2D eigenvalue weighted by atomic mass is 10.3. The highest BCUT2D eigenvalue weighted by Gasteiger charge is 2.12. The number of imidazole rings is 1. The highest BCUT2D eigenvalue weighted by atomic mass is 35.5. The highest BCUT2D eigenvalue weighted by molar-refractivity contribution is 6.16. The fourth-order valence-corrected chi connectivity index (χ4v) is 2.05. The Bertz CT molecular complexity index is 600. The van der Waals surface area contributed by atoms with Crippen molar-refractivity contribution in [2.75, 3.05) is 13.2 Å². The zero-order valence-corrected chi connectivity index (χ0v) is 10.9. The summed E-state index contributed by atoms with van der Waals surface area (Å²) in [4.78, 5) is 14.7. The van der Waals surface area contributed by atoms with Crippen LogP contribution in [0.1, 0.15) is 5.82 Å². The van der Waals surface area contributed by atoms with E-state index in [2.05, 4.69) is 4.98 Å². The number of primary amides is 1. The van der Waals surface area contributed by atoms with E-state index in [0.29, 0.717) is 17.9 Å². The summed E-state index contributed by atoms with van der Waals surface area (Å²) >= 11 is 5.80. The van der Waals surface area contributed by atoms with Gasteiger partial charge in [0, 0.05) is 6.54 Å². The molecule has 2 aromatic rings. The topological polar surface area (TPSA) is 70.1 Å². The first kappa shape index (κ1) is 13.8. The number of para-hydroxylation sites is 1. The first-order valence-corrected chi connectivity index (χ1v) is 6.22. The van der Waals surface area contributed by atoms with Gasteiger partial charge in [-0.25, -0.2) is 9.37 Å². The normalized spacial score (nSPS) is 11.1. The molecule has 7 heteroatoms. The van der Waals surface area contributed by atoms with Crippen molar-refractivity contribution >= 4 is 28.5 Å². The van der Waals surface area contributed by atoms with E-state index in [1.807, 2.05) is 0 Å². The summed E-state index contributed by atoms with van der Waals surface area (Å²) in [6.45, 7) is 0.557. The maximum atomic E-state index is 13.6. The second-order valence-corrected chi connectivity index (χ2v) is 4.21. The van der Waals surface area contributed by atoms with Crippen LogP contribution in [0.15, 0.2) is 18.2 Å². The van der Waals surface area contributed by atoms with Crippen molar-refractivity contribution in [3.63, 3.8) is 0 Å². The summed E-state index contributed by atoms with van der Waals surface area (Å²) in [5.74, 6) is -0.187. The van der Waals surface area contributed by atoms with Crippen molar-refractivity contribution in [3.8, 4) is 0 Å². The first-order chi connectivity index (χ1) is 9.13. The molecule has 0 radical (unpaired) electrons. The van der Waals surface area contributed by atoms with Crippen molar-refractivity contribution in [1.82, 2.24) is 9.55 Å². The van der Waals surface area contributed by atoms with Crippen molar-refractivity contribution in [2.24, 2.45) is 5.73 Å². The smallest absolute Gasteiger partial charge is 0.243 e. The molecule has 1 amide bonds. The predicted octanol–water partition coefficient (Wildman–Crippen LogP) is 1.42. The molecule has 0 fully saturated rings. The van der Waals surface area contributed by atoms with Gasteiger partial charge in [0.25, 0.3) is 0 Å². The van der Waals surface area contributed by atoms with Gasteiger partial charge in [0.15, 0.2) is 5.82 Å². The Morgan fingerprint density at radius 1 is 1.53 bits per heavy atom. The summed E-state index contributed by atoms with van der Waals surface area (Å²) in [6, 6.07) is 4.72. The van der Waals surface area contributed by atoms with Crippen LogP contribution < -0.4 is 5.73 Å². The van der Waals surface area contributed by atoms with Gasteiger partial charge in [0.05, 0.1) is 18.0 Å². The average molecular weight is 286 g/mol. The summed E-state index contributed by atoms with van der Waals surface area (Å²) in [7, 11) is 0. The van der Waals surface area contributed by atoms with Crippen LogP contribution in [0.5, 0.6) is 0 Å². The van der Waals surface area contributed by atoms with Crippen LogP contribution in [0, 0.1) is 5.82 Å². The van der Waals surface area contributed by atoms with Crippen molar-refractivity contribution in [3.05, 3.63) is 29.8 Å². The summed E-state index contributed by atoms with van der Waals surface area (Å²) < 4.78 is 20.5. The number of hydrogen-bond donors (Lipinski definition) is 1. The van der Waals surface area contributed by atoms with Crippen LogP contribution in [0.4, 0.5) is 4.39 Å². The minimum Gasteiger partial charge on any atom is -0.370 e. The van der Waals surface area contributed by atoms with E-state index in [-0.39, 0.29) is 30.4 Å². The average Bonchev–Trinajstić information content (AvgIpc) is 2.74. The Kier molecular flexibility index (Phi) is 4.34.